The summed E-state index contributed by atoms with van der Waals surface area (Å²) in [6, 6.07) is 0.814. The molecule has 1 aromatic heterocycles. The van der Waals surface area contributed by atoms with Gasteiger partial charge in [0.2, 0.25) is 0 Å². The van der Waals surface area contributed by atoms with E-state index in [1.165, 1.54) is 0 Å². The fourth-order valence-corrected chi connectivity index (χ4v) is 1.16. The highest BCUT2D eigenvalue weighted by Gasteiger charge is 2.16. The van der Waals surface area contributed by atoms with E-state index in [4.69, 9.17) is 5.11 Å². The molecule has 0 aliphatic carbocycles. The Morgan fingerprint density at radius 3 is 2.88 bits per heavy atom. The lowest BCUT2D eigenvalue weighted by molar-refractivity contribution is -0.384. The molecule has 0 radical (unpaired) electrons. The Kier molecular flexibility index (Phi) is 4.01. The summed E-state index contributed by atoms with van der Waals surface area (Å²) in [4.78, 5) is 23.8. The number of carbonyl (C=O) groups is 1. The summed E-state index contributed by atoms with van der Waals surface area (Å²) in [5.74, 6) is -0.464. The van der Waals surface area contributed by atoms with Crippen LogP contribution in [-0.2, 0) is 0 Å². The van der Waals surface area contributed by atoms with Crippen LogP contribution in [-0.4, -0.2) is 33.6 Å². The Labute approximate surface area is 91.6 Å². The number of carbonyl (C=O) groups excluding carboxylic acids is 1. The molecule has 1 amide bonds. The van der Waals surface area contributed by atoms with E-state index in [0.29, 0.717) is 6.42 Å². The second kappa shape index (κ2) is 5.26. The van der Waals surface area contributed by atoms with Crippen molar-refractivity contribution in [1.29, 1.82) is 0 Å². The van der Waals surface area contributed by atoms with Crippen LogP contribution in [0.25, 0.3) is 0 Å². The summed E-state index contributed by atoms with van der Waals surface area (Å²) >= 11 is 0. The van der Waals surface area contributed by atoms with Crippen molar-refractivity contribution in [2.45, 2.75) is 19.4 Å². The summed E-state index contributed by atoms with van der Waals surface area (Å²) in [5, 5.41) is 21.8. The summed E-state index contributed by atoms with van der Waals surface area (Å²) < 4.78 is 0. The normalized spacial score (nSPS) is 12.1. The molecular weight excluding hydrogens is 214 g/mol. The van der Waals surface area contributed by atoms with Gasteiger partial charge in [-0.25, -0.2) is 0 Å². The number of aromatic nitrogens is 1. The molecule has 0 aliphatic heterocycles. The van der Waals surface area contributed by atoms with Gasteiger partial charge in [-0.3, -0.25) is 14.9 Å². The molecule has 1 aromatic rings. The third-order valence-electron chi connectivity index (χ3n) is 2.17. The summed E-state index contributed by atoms with van der Waals surface area (Å²) in [6.45, 7) is 1.66. The predicted molar refractivity (Wildman–Crippen MR) is 56.1 cm³/mol. The van der Waals surface area contributed by atoms with Gasteiger partial charge in [0.25, 0.3) is 11.6 Å². The minimum Gasteiger partial charge on any atom is -0.394 e. The van der Waals surface area contributed by atoms with E-state index < -0.39 is 10.8 Å². The highest BCUT2D eigenvalue weighted by molar-refractivity contribution is 5.93. The van der Waals surface area contributed by atoms with Gasteiger partial charge >= 0.3 is 0 Å². The molecule has 0 aliphatic rings. The largest absolute Gasteiger partial charge is 0.394 e. The molecule has 1 rings (SSSR count). The van der Waals surface area contributed by atoms with Crippen molar-refractivity contribution in [3.8, 4) is 0 Å². The summed E-state index contributed by atoms with van der Waals surface area (Å²) in [5.41, 5.74) is -0.0548. The topological polar surface area (TPSA) is 108 Å². The van der Waals surface area contributed by atoms with Gasteiger partial charge in [0.05, 0.1) is 23.8 Å². The zero-order chi connectivity index (χ0) is 12.1. The Morgan fingerprint density at radius 2 is 2.44 bits per heavy atom. The van der Waals surface area contributed by atoms with E-state index in [1.54, 1.807) is 0 Å². The number of amides is 1. The quantitative estimate of drug-likeness (QED) is 0.500. The number of hydrogen-bond acceptors (Lipinski definition) is 4. The number of aliphatic hydroxyl groups excluding tert-OH is 1. The van der Waals surface area contributed by atoms with Crippen molar-refractivity contribution in [2.75, 3.05) is 6.61 Å². The van der Waals surface area contributed by atoms with Crippen LogP contribution in [0.5, 0.6) is 0 Å². The number of H-pyrrole nitrogens is 1. The molecule has 0 unspecified atom stereocenters. The van der Waals surface area contributed by atoms with E-state index in [-0.39, 0.29) is 24.0 Å². The van der Waals surface area contributed by atoms with Gasteiger partial charge in [-0.15, -0.1) is 0 Å². The fraction of sp³-hybridized carbons (Fsp3) is 0.444. The van der Waals surface area contributed by atoms with Gasteiger partial charge in [0.15, 0.2) is 0 Å². The molecule has 0 saturated heterocycles. The smallest absolute Gasteiger partial charge is 0.287 e. The molecule has 1 heterocycles. The second-order valence-corrected chi connectivity index (χ2v) is 3.29. The number of nitrogens with one attached hydrogen (secondary N) is 2. The van der Waals surface area contributed by atoms with Crippen molar-refractivity contribution in [3.63, 3.8) is 0 Å². The molecule has 7 heteroatoms. The molecule has 16 heavy (non-hydrogen) atoms. The van der Waals surface area contributed by atoms with E-state index >= 15 is 0 Å². The molecule has 0 fully saturated rings. The Hall–Kier alpha value is -1.89. The van der Waals surface area contributed by atoms with Crippen LogP contribution >= 0.6 is 0 Å². The molecule has 0 bridgehead atoms. The lowest BCUT2D eigenvalue weighted by Crippen LogP contribution is -2.37. The summed E-state index contributed by atoms with van der Waals surface area (Å²) in [7, 11) is 0. The fourth-order valence-electron chi connectivity index (χ4n) is 1.16. The van der Waals surface area contributed by atoms with Crippen molar-refractivity contribution >= 4 is 11.6 Å². The maximum atomic E-state index is 11.5. The maximum Gasteiger partial charge on any atom is 0.287 e. The van der Waals surface area contributed by atoms with Crippen molar-refractivity contribution in [3.05, 3.63) is 28.1 Å². The molecule has 3 N–H and O–H groups in total. The predicted octanol–water partition coefficient (Wildman–Crippen LogP) is 0.424. The van der Waals surface area contributed by atoms with Crippen molar-refractivity contribution in [2.24, 2.45) is 0 Å². The minimum atomic E-state index is -0.587. The number of nitro groups is 1. The van der Waals surface area contributed by atoms with Gasteiger partial charge < -0.3 is 15.4 Å². The molecule has 0 saturated carbocycles. The van der Waals surface area contributed by atoms with E-state index in [0.717, 1.165) is 12.3 Å². The molecule has 0 aromatic carbocycles. The average molecular weight is 227 g/mol. The van der Waals surface area contributed by atoms with Crippen molar-refractivity contribution < 1.29 is 14.8 Å². The van der Waals surface area contributed by atoms with Crippen LogP contribution in [0.4, 0.5) is 5.69 Å². The van der Waals surface area contributed by atoms with Gasteiger partial charge in [-0.2, -0.15) is 0 Å². The number of hydrogen-bond donors (Lipinski definition) is 3. The lowest BCUT2D eigenvalue weighted by Gasteiger charge is -2.12. The van der Waals surface area contributed by atoms with E-state index in [1.807, 2.05) is 6.92 Å². The third-order valence-corrected chi connectivity index (χ3v) is 2.17. The van der Waals surface area contributed by atoms with Crippen molar-refractivity contribution in [1.82, 2.24) is 10.3 Å². The van der Waals surface area contributed by atoms with Crippen LogP contribution < -0.4 is 5.32 Å². The standard InChI is InChI=1S/C9H13N3O4/c1-2-6(5-13)11-9(14)8-3-7(4-10-8)12(15)16/h3-4,6,10,13H,2,5H2,1H3,(H,11,14)/t6-/m0/s1. The zero-order valence-corrected chi connectivity index (χ0v) is 8.77. The number of aromatic amines is 1. The molecule has 7 nitrogen and oxygen atoms in total. The van der Waals surface area contributed by atoms with Crippen LogP contribution in [0.1, 0.15) is 23.8 Å². The number of rotatable bonds is 5. The molecule has 0 spiro atoms. The molecule has 1 atom stereocenters. The first kappa shape index (κ1) is 12.2. The molecule has 88 valence electrons. The Balaban J connectivity index is 2.69. The maximum absolute atomic E-state index is 11.5. The first-order valence-electron chi connectivity index (χ1n) is 4.83. The summed E-state index contributed by atoms with van der Waals surface area (Å²) in [6.07, 6.45) is 1.74. The molecular formula is C9H13N3O4. The van der Waals surface area contributed by atoms with Gasteiger partial charge in [-0.1, -0.05) is 6.92 Å². The van der Waals surface area contributed by atoms with Crippen LogP contribution in [0.3, 0.4) is 0 Å². The Bertz CT molecular complexity index is 384. The van der Waals surface area contributed by atoms with E-state index in [9.17, 15) is 14.9 Å². The Morgan fingerprint density at radius 1 is 1.75 bits per heavy atom. The number of nitrogens with zero attached hydrogens (tertiary/aromatic N) is 1. The van der Waals surface area contributed by atoms with Gasteiger partial charge in [0, 0.05) is 6.07 Å². The number of aliphatic hydroxyl groups is 1. The third kappa shape index (κ3) is 2.80. The highest BCUT2D eigenvalue weighted by atomic mass is 16.6. The minimum absolute atomic E-state index is 0.110. The lowest BCUT2D eigenvalue weighted by atomic mass is 10.2. The van der Waals surface area contributed by atoms with Gasteiger partial charge in [-0.05, 0) is 6.42 Å². The monoisotopic (exact) mass is 227 g/mol. The SMILES string of the molecule is CC[C@@H](CO)NC(=O)c1cc([N+](=O)[O-])c[nH]1. The highest BCUT2D eigenvalue weighted by Crippen LogP contribution is 2.12. The second-order valence-electron chi connectivity index (χ2n) is 3.29. The van der Waals surface area contributed by atoms with Gasteiger partial charge in [0.1, 0.15) is 5.69 Å². The van der Waals surface area contributed by atoms with E-state index in [2.05, 4.69) is 10.3 Å². The zero-order valence-electron chi connectivity index (χ0n) is 8.77. The average Bonchev–Trinajstić information content (AvgIpc) is 2.74. The first-order chi connectivity index (χ1) is 7.58. The first-order valence-corrected chi connectivity index (χ1v) is 4.83. The van der Waals surface area contributed by atoms with Crippen LogP contribution in [0.15, 0.2) is 12.3 Å². The van der Waals surface area contributed by atoms with Crippen LogP contribution in [0, 0.1) is 10.1 Å². The van der Waals surface area contributed by atoms with Crippen LogP contribution in [0.2, 0.25) is 0 Å².